The molecule has 6 nitrogen and oxygen atoms in total. The average molecular weight is 410 g/mol. The topological polar surface area (TPSA) is 87.5 Å². The number of sulfonamides is 1. The van der Waals surface area contributed by atoms with Gasteiger partial charge in [0.2, 0.25) is 0 Å². The first-order valence-electron chi connectivity index (χ1n) is 9.82. The second kappa shape index (κ2) is 7.88. The van der Waals surface area contributed by atoms with Crippen LogP contribution in [0.25, 0.3) is 0 Å². The van der Waals surface area contributed by atoms with Crippen LogP contribution < -0.4 is 4.31 Å². The molecule has 2 unspecified atom stereocenters. The van der Waals surface area contributed by atoms with E-state index < -0.39 is 22.1 Å². The van der Waals surface area contributed by atoms with Crippen LogP contribution in [0.5, 0.6) is 0 Å². The van der Waals surface area contributed by atoms with Gasteiger partial charge < -0.3 is 4.74 Å². The van der Waals surface area contributed by atoms with Gasteiger partial charge in [-0.25, -0.2) is 13.2 Å². The highest BCUT2D eigenvalue weighted by atomic mass is 32.2. The number of benzene rings is 2. The monoisotopic (exact) mass is 410 g/mol. The molecule has 150 valence electrons. The van der Waals surface area contributed by atoms with Crippen LogP contribution >= 0.6 is 0 Å². The third-order valence-electron chi connectivity index (χ3n) is 5.63. The Labute approximate surface area is 170 Å². The number of esters is 1. The van der Waals surface area contributed by atoms with E-state index in [-0.39, 0.29) is 16.4 Å². The minimum atomic E-state index is -3.78. The summed E-state index contributed by atoms with van der Waals surface area (Å²) < 4.78 is 33.3. The van der Waals surface area contributed by atoms with Gasteiger partial charge in [0.25, 0.3) is 10.0 Å². The molecule has 0 spiro atoms. The van der Waals surface area contributed by atoms with Gasteiger partial charge in [-0.15, -0.1) is 0 Å². The number of carbonyl (C=O) groups excluding carboxylic acids is 1. The minimum Gasteiger partial charge on any atom is -0.457 e. The van der Waals surface area contributed by atoms with Crippen molar-refractivity contribution in [3.63, 3.8) is 0 Å². The molecule has 1 fully saturated rings. The highest BCUT2D eigenvalue weighted by Crippen LogP contribution is 2.33. The smallest absolute Gasteiger partial charge is 0.338 e. The number of rotatable bonds is 4. The number of ether oxygens (including phenoxy) is 1. The van der Waals surface area contributed by atoms with Crippen LogP contribution in [-0.2, 0) is 21.2 Å². The van der Waals surface area contributed by atoms with E-state index in [0.717, 1.165) is 24.8 Å². The second-order valence-corrected chi connectivity index (χ2v) is 9.31. The third-order valence-corrected chi connectivity index (χ3v) is 7.44. The molecule has 0 aromatic heterocycles. The zero-order valence-electron chi connectivity index (χ0n) is 16.0. The van der Waals surface area contributed by atoms with Crippen LogP contribution in [-0.4, -0.2) is 27.0 Å². The Morgan fingerprint density at radius 3 is 2.72 bits per heavy atom. The summed E-state index contributed by atoms with van der Waals surface area (Å²) in [5.74, 6) is -0.892. The van der Waals surface area contributed by atoms with Crippen molar-refractivity contribution < 1.29 is 17.9 Å². The lowest BCUT2D eigenvalue weighted by Gasteiger charge is -2.26. The predicted molar refractivity (Wildman–Crippen MR) is 108 cm³/mol. The van der Waals surface area contributed by atoms with Crippen molar-refractivity contribution in [3.8, 4) is 6.07 Å². The van der Waals surface area contributed by atoms with Gasteiger partial charge in [0.15, 0.2) is 0 Å². The fourth-order valence-electron chi connectivity index (χ4n) is 4.06. The SMILES string of the molecule is N#CC1CCCCC1OC(=O)c1cccc(S(=O)(=O)N2CCc3ccccc32)c1. The Balaban J connectivity index is 1.57. The van der Waals surface area contributed by atoms with Crippen LogP contribution in [0.3, 0.4) is 0 Å². The van der Waals surface area contributed by atoms with Gasteiger partial charge in [-0.1, -0.05) is 30.7 Å². The van der Waals surface area contributed by atoms with Gasteiger partial charge in [0, 0.05) is 6.54 Å². The van der Waals surface area contributed by atoms with E-state index in [1.807, 2.05) is 18.2 Å². The summed E-state index contributed by atoms with van der Waals surface area (Å²) in [5, 5.41) is 9.27. The largest absolute Gasteiger partial charge is 0.457 e. The summed E-state index contributed by atoms with van der Waals surface area (Å²) in [6.45, 7) is 0.377. The Kier molecular flexibility index (Phi) is 5.29. The first kappa shape index (κ1) is 19.5. The average Bonchev–Trinajstić information content (AvgIpc) is 3.19. The van der Waals surface area contributed by atoms with Crippen LogP contribution in [0.15, 0.2) is 53.4 Å². The van der Waals surface area contributed by atoms with Gasteiger partial charge in [-0.05, 0) is 55.5 Å². The highest BCUT2D eigenvalue weighted by molar-refractivity contribution is 7.92. The Morgan fingerprint density at radius 2 is 1.90 bits per heavy atom. The molecule has 0 radical (unpaired) electrons. The molecule has 0 bridgehead atoms. The molecule has 0 saturated heterocycles. The van der Waals surface area contributed by atoms with E-state index >= 15 is 0 Å². The molecule has 1 aliphatic heterocycles. The zero-order valence-corrected chi connectivity index (χ0v) is 16.8. The summed E-state index contributed by atoms with van der Waals surface area (Å²) in [7, 11) is -3.78. The number of carbonyl (C=O) groups is 1. The normalized spacial score (nSPS) is 21.3. The van der Waals surface area contributed by atoms with Crippen molar-refractivity contribution in [3.05, 3.63) is 59.7 Å². The standard InChI is InChI=1S/C22H22N2O4S/c23-15-18-7-2-4-11-21(18)28-22(25)17-8-5-9-19(14-17)29(26,27)24-13-12-16-6-1-3-10-20(16)24/h1,3,5-6,8-10,14,18,21H,2,4,7,11-13H2. The van der Waals surface area contributed by atoms with Crippen molar-refractivity contribution in [1.82, 2.24) is 0 Å². The Morgan fingerprint density at radius 1 is 1.10 bits per heavy atom. The molecule has 2 aromatic rings. The molecule has 2 aromatic carbocycles. The van der Waals surface area contributed by atoms with E-state index in [2.05, 4.69) is 6.07 Å². The van der Waals surface area contributed by atoms with E-state index in [1.165, 1.54) is 16.4 Å². The first-order chi connectivity index (χ1) is 14.0. The molecule has 29 heavy (non-hydrogen) atoms. The maximum Gasteiger partial charge on any atom is 0.338 e. The zero-order chi connectivity index (χ0) is 20.4. The molecule has 1 aliphatic carbocycles. The van der Waals surface area contributed by atoms with Gasteiger partial charge in [0.05, 0.1) is 28.1 Å². The molecule has 2 aliphatic rings. The number of nitrogens with zero attached hydrogens (tertiary/aromatic N) is 2. The van der Waals surface area contributed by atoms with Crippen molar-refractivity contribution in [2.75, 3.05) is 10.8 Å². The molecule has 0 amide bonds. The Bertz CT molecular complexity index is 1070. The maximum absolute atomic E-state index is 13.2. The van der Waals surface area contributed by atoms with Crippen LogP contribution in [0.2, 0.25) is 0 Å². The maximum atomic E-state index is 13.2. The number of hydrogen-bond donors (Lipinski definition) is 0. The van der Waals surface area contributed by atoms with Gasteiger partial charge in [0.1, 0.15) is 6.10 Å². The number of anilines is 1. The van der Waals surface area contributed by atoms with Crippen LogP contribution in [0, 0.1) is 17.2 Å². The van der Waals surface area contributed by atoms with E-state index in [0.29, 0.717) is 25.1 Å². The molecule has 4 rings (SSSR count). The number of nitriles is 1. The lowest BCUT2D eigenvalue weighted by Crippen LogP contribution is -2.30. The summed E-state index contributed by atoms with van der Waals surface area (Å²) in [5.41, 5.74) is 1.85. The summed E-state index contributed by atoms with van der Waals surface area (Å²) in [6.07, 6.45) is 3.47. The van der Waals surface area contributed by atoms with Crippen molar-refractivity contribution in [2.45, 2.75) is 43.1 Å². The second-order valence-electron chi connectivity index (χ2n) is 7.45. The molecule has 1 heterocycles. The van der Waals surface area contributed by atoms with E-state index in [1.54, 1.807) is 18.2 Å². The third kappa shape index (κ3) is 3.73. The number of hydrogen-bond acceptors (Lipinski definition) is 5. The summed E-state index contributed by atoms with van der Waals surface area (Å²) >= 11 is 0. The predicted octanol–water partition coefficient (Wildman–Crippen LogP) is 3.68. The lowest BCUT2D eigenvalue weighted by atomic mass is 9.87. The van der Waals surface area contributed by atoms with Gasteiger partial charge in [-0.3, -0.25) is 4.31 Å². The molecule has 1 saturated carbocycles. The van der Waals surface area contributed by atoms with Crippen molar-refractivity contribution in [1.29, 1.82) is 5.26 Å². The van der Waals surface area contributed by atoms with E-state index in [4.69, 9.17) is 4.74 Å². The highest BCUT2D eigenvalue weighted by Gasteiger charge is 2.32. The first-order valence-corrected chi connectivity index (χ1v) is 11.3. The molecular weight excluding hydrogens is 388 g/mol. The summed E-state index contributed by atoms with van der Waals surface area (Å²) in [6, 6.07) is 15.6. The van der Waals surface area contributed by atoms with Crippen molar-refractivity contribution >= 4 is 21.7 Å². The lowest BCUT2D eigenvalue weighted by molar-refractivity contribution is 0.0107. The van der Waals surface area contributed by atoms with Gasteiger partial charge >= 0.3 is 5.97 Å². The molecular formula is C22H22N2O4S. The quantitative estimate of drug-likeness (QED) is 0.718. The Hall–Kier alpha value is -2.85. The molecule has 2 atom stereocenters. The fraction of sp³-hybridized carbons (Fsp3) is 0.364. The number of fused-ring (bicyclic) bond motifs is 1. The fourth-order valence-corrected chi connectivity index (χ4v) is 5.61. The van der Waals surface area contributed by atoms with Gasteiger partial charge in [-0.2, -0.15) is 5.26 Å². The number of para-hydroxylation sites is 1. The van der Waals surface area contributed by atoms with E-state index in [9.17, 15) is 18.5 Å². The molecule has 0 N–H and O–H groups in total. The molecule has 7 heteroatoms. The van der Waals surface area contributed by atoms with Crippen LogP contribution in [0.4, 0.5) is 5.69 Å². The summed E-state index contributed by atoms with van der Waals surface area (Å²) in [4.78, 5) is 12.7. The van der Waals surface area contributed by atoms with Crippen molar-refractivity contribution in [2.24, 2.45) is 5.92 Å². The minimum absolute atomic E-state index is 0.0594. The van der Waals surface area contributed by atoms with Crippen LogP contribution in [0.1, 0.15) is 41.6 Å².